The number of likely N-dealkylation sites (tertiary alicyclic amines) is 1. The van der Waals surface area contributed by atoms with Crippen molar-refractivity contribution in [1.29, 1.82) is 0 Å². The van der Waals surface area contributed by atoms with Crippen LogP contribution in [0.25, 0.3) is 0 Å². The topological polar surface area (TPSA) is 69.2 Å². The Morgan fingerprint density at radius 1 is 1.09 bits per heavy atom. The second-order valence-corrected chi connectivity index (χ2v) is 8.28. The molecule has 1 amide bonds. The Bertz CT molecular complexity index is 877. The minimum atomic E-state index is -0.0430. The molecule has 1 saturated heterocycles. The molecule has 0 bridgehead atoms. The number of ether oxygens (including phenoxy) is 1. The Labute approximate surface area is 191 Å². The first kappa shape index (κ1) is 23.6. The molecule has 2 aromatic rings. The molecular formula is C25H35N5O2. The molecule has 1 aliphatic heterocycles. The van der Waals surface area contributed by atoms with E-state index in [9.17, 15) is 4.79 Å². The molecular weight excluding hydrogens is 402 g/mol. The summed E-state index contributed by atoms with van der Waals surface area (Å²) in [7, 11) is 5.79. The van der Waals surface area contributed by atoms with Crippen LogP contribution in [-0.4, -0.2) is 75.1 Å². The molecule has 0 spiro atoms. The molecule has 32 heavy (non-hydrogen) atoms. The maximum Gasteiger partial charge on any atom is 0.251 e. The third-order valence-electron chi connectivity index (χ3n) is 5.48. The van der Waals surface area contributed by atoms with Gasteiger partial charge in [-0.05, 0) is 43.9 Å². The average Bonchev–Trinajstić information content (AvgIpc) is 2.81. The fourth-order valence-corrected chi connectivity index (χ4v) is 3.71. The van der Waals surface area contributed by atoms with Crippen molar-refractivity contribution in [3.8, 4) is 5.75 Å². The summed E-state index contributed by atoms with van der Waals surface area (Å²) in [6.07, 6.45) is 2.14. The maximum absolute atomic E-state index is 12.4. The van der Waals surface area contributed by atoms with E-state index in [1.54, 1.807) is 0 Å². The van der Waals surface area contributed by atoms with Crippen LogP contribution in [0.1, 0.15) is 28.8 Å². The molecule has 1 fully saturated rings. The molecule has 1 heterocycles. The van der Waals surface area contributed by atoms with Crippen LogP contribution in [0, 0.1) is 0 Å². The summed E-state index contributed by atoms with van der Waals surface area (Å²) in [4.78, 5) is 21.2. The van der Waals surface area contributed by atoms with E-state index in [0.717, 1.165) is 49.7 Å². The first-order valence-corrected chi connectivity index (χ1v) is 11.2. The molecule has 0 aliphatic carbocycles. The van der Waals surface area contributed by atoms with E-state index in [-0.39, 0.29) is 12.0 Å². The van der Waals surface area contributed by atoms with Gasteiger partial charge in [0.1, 0.15) is 11.9 Å². The number of guanidine groups is 1. The van der Waals surface area contributed by atoms with Crippen molar-refractivity contribution in [2.75, 3.05) is 47.3 Å². The maximum atomic E-state index is 12.4. The van der Waals surface area contributed by atoms with Gasteiger partial charge < -0.3 is 25.2 Å². The normalized spacial score (nSPS) is 15.0. The standard InChI is InChI=1S/C25H35N5O2/c1-26-25(30-15-12-23(13-16-30)32-22-10-5-4-6-11-22)28-19-20-8-7-9-21(18-20)24(31)27-14-17-29(2)3/h4-11,18,23H,12-17,19H2,1-3H3,(H,26,28)(H,27,31). The zero-order valence-electron chi connectivity index (χ0n) is 19.4. The fraction of sp³-hybridized carbons (Fsp3) is 0.440. The molecule has 7 nitrogen and oxygen atoms in total. The molecule has 0 aromatic heterocycles. The van der Waals surface area contributed by atoms with Crippen molar-refractivity contribution in [3.05, 3.63) is 65.7 Å². The molecule has 0 atom stereocenters. The van der Waals surface area contributed by atoms with Gasteiger partial charge in [0, 0.05) is 58.2 Å². The summed E-state index contributed by atoms with van der Waals surface area (Å²) in [6, 6.07) is 17.7. The molecule has 0 radical (unpaired) electrons. The number of nitrogens with one attached hydrogen (secondary N) is 2. The van der Waals surface area contributed by atoms with Crippen molar-refractivity contribution >= 4 is 11.9 Å². The predicted octanol–water partition coefficient (Wildman–Crippen LogP) is 2.60. The van der Waals surface area contributed by atoms with Gasteiger partial charge in [0.2, 0.25) is 0 Å². The summed E-state index contributed by atoms with van der Waals surface area (Å²) in [5.74, 6) is 1.77. The fourth-order valence-electron chi connectivity index (χ4n) is 3.71. The van der Waals surface area contributed by atoms with E-state index < -0.39 is 0 Å². The van der Waals surface area contributed by atoms with Crippen molar-refractivity contribution in [3.63, 3.8) is 0 Å². The zero-order chi connectivity index (χ0) is 22.8. The molecule has 7 heteroatoms. The third kappa shape index (κ3) is 7.27. The number of para-hydroxylation sites is 1. The van der Waals surface area contributed by atoms with Crippen LogP contribution >= 0.6 is 0 Å². The lowest BCUT2D eigenvalue weighted by Crippen LogP contribution is -2.47. The summed E-state index contributed by atoms with van der Waals surface area (Å²) in [5.41, 5.74) is 1.73. The molecule has 0 saturated carbocycles. The highest BCUT2D eigenvalue weighted by Gasteiger charge is 2.22. The molecule has 172 valence electrons. The van der Waals surface area contributed by atoms with Crippen LogP contribution < -0.4 is 15.4 Å². The smallest absolute Gasteiger partial charge is 0.251 e. The minimum absolute atomic E-state index is 0.0430. The van der Waals surface area contributed by atoms with Gasteiger partial charge in [-0.1, -0.05) is 30.3 Å². The van der Waals surface area contributed by atoms with Gasteiger partial charge >= 0.3 is 0 Å². The highest BCUT2D eigenvalue weighted by atomic mass is 16.5. The molecule has 2 N–H and O–H groups in total. The first-order chi connectivity index (χ1) is 15.5. The lowest BCUT2D eigenvalue weighted by Gasteiger charge is -2.34. The Hall–Kier alpha value is -3.06. The number of hydrogen-bond donors (Lipinski definition) is 2. The predicted molar refractivity (Wildman–Crippen MR) is 129 cm³/mol. The van der Waals surface area contributed by atoms with E-state index in [2.05, 4.69) is 20.5 Å². The summed E-state index contributed by atoms with van der Waals surface area (Å²) in [5, 5.41) is 6.40. The van der Waals surface area contributed by atoms with Crippen molar-refractivity contribution in [2.45, 2.75) is 25.5 Å². The zero-order valence-corrected chi connectivity index (χ0v) is 19.4. The number of amides is 1. The van der Waals surface area contributed by atoms with E-state index >= 15 is 0 Å². The van der Waals surface area contributed by atoms with Gasteiger partial charge in [0.15, 0.2) is 5.96 Å². The van der Waals surface area contributed by atoms with Gasteiger partial charge in [-0.3, -0.25) is 9.79 Å². The molecule has 0 unspecified atom stereocenters. The second kappa shape index (κ2) is 12.1. The van der Waals surface area contributed by atoms with Crippen molar-refractivity contribution in [1.82, 2.24) is 20.4 Å². The van der Waals surface area contributed by atoms with E-state index in [4.69, 9.17) is 4.74 Å². The largest absolute Gasteiger partial charge is 0.490 e. The molecule has 1 aliphatic rings. The number of hydrogen-bond acceptors (Lipinski definition) is 4. The van der Waals surface area contributed by atoms with E-state index in [0.29, 0.717) is 18.7 Å². The Morgan fingerprint density at radius 3 is 2.53 bits per heavy atom. The SMILES string of the molecule is CN=C(NCc1cccc(C(=O)NCCN(C)C)c1)N1CCC(Oc2ccccc2)CC1. The molecule has 3 rings (SSSR count). The highest BCUT2D eigenvalue weighted by Crippen LogP contribution is 2.18. The van der Waals surface area contributed by atoms with Crippen molar-refractivity contribution < 1.29 is 9.53 Å². The monoisotopic (exact) mass is 437 g/mol. The Morgan fingerprint density at radius 2 is 1.84 bits per heavy atom. The number of piperidine rings is 1. The summed E-state index contributed by atoms with van der Waals surface area (Å²) < 4.78 is 6.10. The lowest BCUT2D eigenvalue weighted by molar-refractivity contribution is 0.0951. The number of carbonyl (C=O) groups excluding carboxylic acids is 1. The second-order valence-electron chi connectivity index (χ2n) is 8.28. The number of aliphatic imine (C=N–C) groups is 1. The van der Waals surface area contributed by atoms with Crippen LogP contribution in [0.4, 0.5) is 0 Å². The van der Waals surface area contributed by atoms with Gasteiger partial charge in [-0.2, -0.15) is 0 Å². The van der Waals surface area contributed by atoms with Gasteiger partial charge in [-0.25, -0.2) is 0 Å². The van der Waals surface area contributed by atoms with Crippen LogP contribution in [0.3, 0.4) is 0 Å². The average molecular weight is 438 g/mol. The van der Waals surface area contributed by atoms with Gasteiger partial charge in [0.25, 0.3) is 5.91 Å². The summed E-state index contributed by atoms with van der Waals surface area (Å²) >= 11 is 0. The van der Waals surface area contributed by atoms with Gasteiger partial charge in [0.05, 0.1) is 0 Å². The third-order valence-corrected chi connectivity index (χ3v) is 5.48. The number of carbonyl (C=O) groups is 1. The Kier molecular flexibility index (Phi) is 8.92. The van der Waals surface area contributed by atoms with E-state index in [1.807, 2.05) is 80.6 Å². The highest BCUT2D eigenvalue weighted by molar-refractivity contribution is 5.94. The number of likely N-dealkylation sites (N-methyl/N-ethyl adjacent to an activating group) is 1. The molecule has 2 aromatic carbocycles. The first-order valence-electron chi connectivity index (χ1n) is 11.2. The number of rotatable bonds is 8. The quantitative estimate of drug-likeness (QED) is 0.491. The minimum Gasteiger partial charge on any atom is -0.490 e. The summed E-state index contributed by atoms with van der Waals surface area (Å²) in [6.45, 7) is 3.85. The van der Waals surface area contributed by atoms with Gasteiger partial charge in [-0.15, -0.1) is 0 Å². The number of benzene rings is 2. The van der Waals surface area contributed by atoms with Crippen LogP contribution in [0.2, 0.25) is 0 Å². The lowest BCUT2D eigenvalue weighted by atomic mass is 10.1. The van der Waals surface area contributed by atoms with Crippen LogP contribution in [-0.2, 0) is 6.54 Å². The number of nitrogens with zero attached hydrogens (tertiary/aromatic N) is 3. The van der Waals surface area contributed by atoms with Crippen LogP contribution in [0.5, 0.6) is 5.75 Å². The van der Waals surface area contributed by atoms with Crippen molar-refractivity contribution in [2.24, 2.45) is 4.99 Å². The van der Waals surface area contributed by atoms with E-state index in [1.165, 1.54) is 0 Å². The van der Waals surface area contributed by atoms with Crippen LogP contribution in [0.15, 0.2) is 59.6 Å². The Balaban J connectivity index is 1.47.